The molecule has 1 aromatic carbocycles. The second-order valence-electron chi connectivity index (χ2n) is 6.71. The Kier molecular flexibility index (Phi) is 4.48. The summed E-state index contributed by atoms with van der Waals surface area (Å²) in [7, 11) is 0. The number of ether oxygens (including phenoxy) is 2. The van der Waals surface area contributed by atoms with Gasteiger partial charge in [-0.2, -0.15) is 0 Å². The zero-order valence-electron chi connectivity index (χ0n) is 14.1. The van der Waals surface area contributed by atoms with Crippen molar-refractivity contribution >= 4 is 17.5 Å². The molecule has 0 saturated carbocycles. The van der Waals surface area contributed by atoms with Gasteiger partial charge in [-0.25, -0.2) is 0 Å². The average Bonchev–Trinajstić information content (AvgIpc) is 3.04. The lowest BCUT2D eigenvalue weighted by atomic mass is 10.0. The minimum absolute atomic E-state index is 0.123. The number of nitrogens with zero attached hydrogens (tertiary/aromatic N) is 1. The number of hydrogen-bond acceptors (Lipinski definition) is 5. The zero-order valence-corrected chi connectivity index (χ0v) is 14.1. The molecule has 0 bridgehead atoms. The van der Waals surface area contributed by atoms with Gasteiger partial charge in [0, 0.05) is 30.9 Å². The summed E-state index contributed by atoms with van der Waals surface area (Å²) in [6.45, 7) is 3.35. The summed E-state index contributed by atoms with van der Waals surface area (Å²) >= 11 is 0. The molecule has 1 unspecified atom stereocenters. The molecule has 2 atom stereocenters. The standard InChI is InChI=1S/C18H23N3O4/c22-17(20-12-2-1-6-19-11-12)14-5-7-21(18(14)23)13-3-4-15-16(10-13)25-9-8-24-15/h3-4,10,12,14,19H,1-2,5-9,11H2,(H,20,22)/t12-,14?/m0/s1. The second-order valence-corrected chi connectivity index (χ2v) is 6.71. The average molecular weight is 345 g/mol. The topological polar surface area (TPSA) is 79.9 Å². The van der Waals surface area contributed by atoms with Crippen molar-refractivity contribution in [3.8, 4) is 11.5 Å². The molecule has 3 aliphatic heterocycles. The molecule has 0 radical (unpaired) electrons. The smallest absolute Gasteiger partial charge is 0.239 e. The monoisotopic (exact) mass is 345 g/mol. The molecule has 0 aliphatic carbocycles. The van der Waals surface area contributed by atoms with E-state index in [4.69, 9.17) is 9.47 Å². The molecule has 2 N–H and O–H groups in total. The lowest BCUT2D eigenvalue weighted by molar-refractivity contribution is -0.132. The van der Waals surface area contributed by atoms with Crippen molar-refractivity contribution in [3.05, 3.63) is 18.2 Å². The fourth-order valence-electron chi connectivity index (χ4n) is 3.66. The van der Waals surface area contributed by atoms with Crippen molar-refractivity contribution in [1.82, 2.24) is 10.6 Å². The Morgan fingerprint density at radius 3 is 2.84 bits per heavy atom. The maximum absolute atomic E-state index is 12.7. The molecule has 1 aromatic rings. The highest BCUT2D eigenvalue weighted by Crippen LogP contribution is 2.36. The normalized spacial score (nSPS) is 25.8. The van der Waals surface area contributed by atoms with Crippen molar-refractivity contribution in [2.75, 3.05) is 37.7 Å². The van der Waals surface area contributed by atoms with E-state index in [0.29, 0.717) is 37.7 Å². The van der Waals surface area contributed by atoms with Gasteiger partial charge in [0.25, 0.3) is 0 Å². The minimum atomic E-state index is -0.602. The highest BCUT2D eigenvalue weighted by Gasteiger charge is 2.38. The Hall–Kier alpha value is -2.28. The van der Waals surface area contributed by atoms with Crippen molar-refractivity contribution in [2.24, 2.45) is 5.92 Å². The van der Waals surface area contributed by atoms with Crippen LogP contribution in [-0.4, -0.2) is 50.7 Å². The molecule has 7 nitrogen and oxygen atoms in total. The molecule has 2 amide bonds. The van der Waals surface area contributed by atoms with Gasteiger partial charge < -0.3 is 25.0 Å². The van der Waals surface area contributed by atoms with E-state index in [9.17, 15) is 9.59 Å². The lowest BCUT2D eigenvalue weighted by Gasteiger charge is -2.25. The van der Waals surface area contributed by atoms with E-state index in [1.165, 1.54) is 0 Å². The predicted octanol–water partition coefficient (Wildman–Crippen LogP) is 0.679. The van der Waals surface area contributed by atoms with E-state index in [1.807, 2.05) is 18.2 Å². The van der Waals surface area contributed by atoms with Crippen LogP contribution in [-0.2, 0) is 9.59 Å². The van der Waals surface area contributed by atoms with Crippen molar-refractivity contribution in [3.63, 3.8) is 0 Å². The van der Waals surface area contributed by atoms with Crippen LogP contribution in [0.2, 0.25) is 0 Å². The van der Waals surface area contributed by atoms with Crippen LogP contribution in [0.25, 0.3) is 0 Å². The number of nitrogens with one attached hydrogen (secondary N) is 2. The number of benzene rings is 1. The molecule has 2 saturated heterocycles. The molecule has 7 heteroatoms. The molecule has 3 aliphatic rings. The predicted molar refractivity (Wildman–Crippen MR) is 91.9 cm³/mol. The minimum Gasteiger partial charge on any atom is -0.486 e. The fourth-order valence-corrected chi connectivity index (χ4v) is 3.66. The Morgan fingerprint density at radius 1 is 1.20 bits per heavy atom. The number of rotatable bonds is 3. The van der Waals surface area contributed by atoms with E-state index in [-0.39, 0.29) is 17.9 Å². The van der Waals surface area contributed by atoms with Crippen molar-refractivity contribution < 1.29 is 19.1 Å². The van der Waals surface area contributed by atoms with Gasteiger partial charge in [0.15, 0.2) is 11.5 Å². The number of carbonyl (C=O) groups excluding carboxylic acids is 2. The van der Waals surface area contributed by atoms with Gasteiger partial charge in [-0.1, -0.05) is 0 Å². The largest absolute Gasteiger partial charge is 0.486 e. The molecular weight excluding hydrogens is 322 g/mol. The van der Waals surface area contributed by atoms with Crippen molar-refractivity contribution in [2.45, 2.75) is 25.3 Å². The number of hydrogen-bond donors (Lipinski definition) is 2. The Bertz CT molecular complexity index is 672. The van der Waals surface area contributed by atoms with Crippen LogP contribution >= 0.6 is 0 Å². The SMILES string of the molecule is O=C(N[C@H]1CCCNC1)C1CCN(c2ccc3c(c2)OCCO3)C1=O. The third-order valence-electron chi connectivity index (χ3n) is 5.00. The molecule has 25 heavy (non-hydrogen) atoms. The summed E-state index contributed by atoms with van der Waals surface area (Å²) in [5.74, 6) is 0.449. The first-order valence-corrected chi connectivity index (χ1v) is 8.94. The third kappa shape index (κ3) is 3.28. The first-order valence-electron chi connectivity index (χ1n) is 8.94. The fraction of sp³-hybridized carbons (Fsp3) is 0.556. The van der Waals surface area contributed by atoms with Gasteiger partial charge in [-0.15, -0.1) is 0 Å². The molecule has 0 aromatic heterocycles. The molecule has 4 rings (SSSR count). The summed E-state index contributed by atoms with van der Waals surface area (Å²) < 4.78 is 11.1. The third-order valence-corrected chi connectivity index (χ3v) is 5.00. The molecule has 134 valence electrons. The zero-order chi connectivity index (χ0) is 17.2. The van der Waals surface area contributed by atoms with Crippen LogP contribution in [0.3, 0.4) is 0 Å². The van der Waals surface area contributed by atoms with Gasteiger partial charge in [-0.05, 0) is 37.9 Å². The lowest BCUT2D eigenvalue weighted by Crippen LogP contribution is -2.48. The van der Waals surface area contributed by atoms with E-state index in [1.54, 1.807) is 4.90 Å². The summed E-state index contributed by atoms with van der Waals surface area (Å²) in [4.78, 5) is 26.9. The van der Waals surface area contributed by atoms with E-state index >= 15 is 0 Å². The van der Waals surface area contributed by atoms with Gasteiger partial charge >= 0.3 is 0 Å². The van der Waals surface area contributed by atoms with Gasteiger partial charge in [0.2, 0.25) is 11.8 Å². The molecule has 0 spiro atoms. The van der Waals surface area contributed by atoms with Crippen LogP contribution < -0.4 is 25.0 Å². The van der Waals surface area contributed by atoms with E-state index < -0.39 is 5.92 Å². The summed E-state index contributed by atoms with van der Waals surface area (Å²) in [6, 6.07) is 5.60. The quantitative estimate of drug-likeness (QED) is 0.788. The Labute approximate surface area is 146 Å². The number of carbonyl (C=O) groups is 2. The second kappa shape index (κ2) is 6.92. The number of amides is 2. The highest BCUT2D eigenvalue weighted by molar-refractivity contribution is 6.09. The maximum Gasteiger partial charge on any atom is 0.239 e. The summed E-state index contributed by atoms with van der Waals surface area (Å²) in [5.41, 5.74) is 0.754. The van der Waals surface area contributed by atoms with Crippen LogP contribution in [0.5, 0.6) is 11.5 Å². The number of anilines is 1. The van der Waals surface area contributed by atoms with Crippen LogP contribution in [0.1, 0.15) is 19.3 Å². The first-order chi connectivity index (χ1) is 12.2. The van der Waals surface area contributed by atoms with E-state index in [2.05, 4.69) is 10.6 Å². The van der Waals surface area contributed by atoms with Crippen LogP contribution in [0.4, 0.5) is 5.69 Å². The molecule has 3 heterocycles. The molecule has 2 fully saturated rings. The summed E-state index contributed by atoms with van der Waals surface area (Å²) in [5, 5.41) is 6.29. The Balaban J connectivity index is 1.43. The van der Waals surface area contributed by atoms with Gasteiger partial charge in [0.05, 0.1) is 0 Å². The maximum atomic E-state index is 12.7. The van der Waals surface area contributed by atoms with Crippen molar-refractivity contribution in [1.29, 1.82) is 0 Å². The van der Waals surface area contributed by atoms with Gasteiger partial charge in [0.1, 0.15) is 19.1 Å². The summed E-state index contributed by atoms with van der Waals surface area (Å²) in [6.07, 6.45) is 2.55. The van der Waals surface area contributed by atoms with E-state index in [0.717, 1.165) is 31.6 Å². The molecular formula is C18H23N3O4. The number of fused-ring (bicyclic) bond motifs is 1. The first kappa shape index (κ1) is 16.2. The Morgan fingerprint density at radius 2 is 2.04 bits per heavy atom. The van der Waals surface area contributed by atoms with Gasteiger partial charge in [-0.3, -0.25) is 9.59 Å². The van der Waals surface area contributed by atoms with Crippen LogP contribution in [0.15, 0.2) is 18.2 Å². The number of piperidine rings is 1. The highest BCUT2D eigenvalue weighted by atomic mass is 16.6. The van der Waals surface area contributed by atoms with Crippen LogP contribution in [0, 0.1) is 5.92 Å².